The van der Waals surface area contributed by atoms with Crippen molar-refractivity contribution >= 4 is 34.8 Å². The van der Waals surface area contributed by atoms with Gasteiger partial charge in [0.2, 0.25) is 5.91 Å². The molecule has 1 fully saturated rings. The van der Waals surface area contributed by atoms with Crippen LogP contribution in [0.4, 0.5) is 5.69 Å². The van der Waals surface area contributed by atoms with Crippen LogP contribution in [0, 0.1) is 5.92 Å². The highest BCUT2D eigenvalue weighted by atomic mass is 32.1. The number of carbonyl (C=O) groups is 2. The van der Waals surface area contributed by atoms with E-state index >= 15 is 0 Å². The molecule has 0 atom stereocenters. The summed E-state index contributed by atoms with van der Waals surface area (Å²) in [6.45, 7) is 5.81. The molecule has 2 rings (SSSR count). The Kier molecular flexibility index (Phi) is 6.06. The number of nitrogens with one attached hydrogen (secondary N) is 2. The van der Waals surface area contributed by atoms with Crippen molar-refractivity contribution in [3.05, 3.63) is 29.8 Å². The molecule has 0 aliphatic carbocycles. The number of morpholine rings is 1. The highest BCUT2D eigenvalue weighted by Gasteiger charge is 2.21. The van der Waals surface area contributed by atoms with E-state index in [9.17, 15) is 9.59 Å². The van der Waals surface area contributed by atoms with Crippen molar-refractivity contribution in [2.75, 3.05) is 31.6 Å². The summed E-state index contributed by atoms with van der Waals surface area (Å²) in [5, 5.41) is 5.73. The van der Waals surface area contributed by atoms with Crippen LogP contribution in [0.15, 0.2) is 24.3 Å². The fourth-order valence-corrected chi connectivity index (χ4v) is 2.34. The second kappa shape index (κ2) is 8.03. The molecule has 2 amide bonds. The van der Waals surface area contributed by atoms with Crippen LogP contribution in [-0.2, 0) is 9.53 Å². The quantitative estimate of drug-likeness (QED) is 0.822. The highest BCUT2D eigenvalue weighted by molar-refractivity contribution is 7.80. The van der Waals surface area contributed by atoms with E-state index < -0.39 is 0 Å². The Morgan fingerprint density at radius 2 is 1.87 bits per heavy atom. The third kappa shape index (κ3) is 4.74. The highest BCUT2D eigenvalue weighted by Crippen LogP contribution is 2.18. The minimum Gasteiger partial charge on any atom is -0.378 e. The largest absolute Gasteiger partial charge is 0.378 e. The number of amides is 2. The molecule has 0 aromatic heterocycles. The number of carbonyl (C=O) groups excluding carboxylic acids is 2. The van der Waals surface area contributed by atoms with Gasteiger partial charge in [-0.2, -0.15) is 0 Å². The van der Waals surface area contributed by atoms with Crippen LogP contribution in [-0.4, -0.2) is 48.1 Å². The first-order valence-electron chi connectivity index (χ1n) is 7.57. The standard InChI is InChI=1S/C16H21N3O3S/c1-11(2)14(20)18-16(23)17-13-6-4-3-5-12(13)15(21)19-7-9-22-10-8-19/h3-6,11H,7-10H2,1-2H3,(H2,17,18,20,23). The van der Waals surface area contributed by atoms with Crippen molar-refractivity contribution < 1.29 is 14.3 Å². The first-order chi connectivity index (χ1) is 11.0. The lowest BCUT2D eigenvalue weighted by Crippen LogP contribution is -2.41. The summed E-state index contributed by atoms with van der Waals surface area (Å²) in [4.78, 5) is 26.1. The maximum absolute atomic E-state index is 12.6. The lowest BCUT2D eigenvalue weighted by molar-refractivity contribution is -0.122. The summed E-state index contributed by atoms with van der Waals surface area (Å²) in [5.41, 5.74) is 1.11. The number of rotatable bonds is 3. The molecule has 0 spiro atoms. The Labute approximate surface area is 141 Å². The molecule has 124 valence electrons. The number of benzene rings is 1. The van der Waals surface area contributed by atoms with Gasteiger partial charge >= 0.3 is 0 Å². The van der Waals surface area contributed by atoms with E-state index in [-0.39, 0.29) is 22.8 Å². The molecule has 1 aliphatic rings. The van der Waals surface area contributed by atoms with E-state index in [0.29, 0.717) is 37.6 Å². The summed E-state index contributed by atoms with van der Waals surface area (Å²) >= 11 is 5.15. The van der Waals surface area contributed by atoms with Crippen LogP contribution >= 0.6 is 12.2 Å². The lowest BCUT2D eigenvalue weighted by Gasteiger charge is -2.27. The van der Waals surface area contributed by atoms with Gasteiger partial charge in [-0.05, 0) is 24.4 Å². The maximum Gasteiger partial charge on any atom is 0.256 e. The smallest absolute Gasteiger partial charge is 0.256 e. The van der Waals surface area contributed by atoms with Gasteiger partial charge in [0, 0.05) is 19.0 Å². The number of ether oxygens (including phenoxy) is 1. The molecule has 0 unspecified atom stereocenters. The molecular weight excluding hydrogens is 314 g/mol. The first-order valence-corrected chi connectivity index (χ1v) is 7.97. The number of thiocarbonyl (C=S) groups is 1. The first kappa shape index (κ1) is 17.4. The zero-order chi connectivity index (χ0) is 16.8. The van der Waals surface area contributed by atoms with Crippen molar-refractivity contribution in [2.45, 2.75) is 13.8 Å². The lowest BCUT2D eigenvalue weighted by atomic mass is 10.1. The minimum absolute atomic E-state index is 0.0746. The van der Waals surface area contributed by atoms with Gasteiger partial charge in [0.25, 0.3) is 5.91 Å². The van der Waals surface area contributed by atoms with Gasteiger partial charge in [0.15, 0.2) is 5.11 Å². The Morgan fingerprint density at radius 3 is 2.52 bits per heavy atom. The van der Waals surface area contributed by atoms with Crippen LogP contribution in [0.1, 0.15) is 24.2 Å². The van der Waals surface area contributed by atoms with Crippen LogP contribution in [0.25, 0.3) is 0 Å². The Balaban J connectivity index is 2.09. The van der Waals surface area contributed by atoms with Crippen LogP contribution < -0.4 is 10.6 Å². The van der Waals surface area contributed by atoms with Crippen molar-refractivity contribution in [3.8, 4) is 0 Å². The van der Waals surface area contributed by atoms with Gasteiger partial charge < -0.3 is 20.3 Å². The van der Waals surface area contributed by atoms with Gasteiger partial charge in [-0.15, -0.1) is 0 Å². The van der Waals surface area contributed by atoms with Gasteiger partial charge in [-0.3, -0.25) is 9.59 Å². The van der Waals surface area contributed by atoms with E-state index in [1.54, 1.807) is 36.9 Å². The van der Waals surface area contributed by atoms with Crippen molar-refractivity contribution in [1.29, 1.82) is 0 Å². The molecule has 1 aliphatic heterocycles. The summed E-state index contributed by atoms with van der Waals surface area (Å²) in [7, 11) is 0. The molecule has 1 saturated heterocycles. The summed E-state index contributed by atoms with van der Waals surface area (Å²) < 4.78 is 5.27. The van der Waals surface area contributed by atoms with Gasteiger partial charge in [0.05, 0.1) is 24.5 Å². The number of anilines is 1. The summed E-state index contributed by atoms with van der Waals surface area (Å²) in [5.74, 6) is -0.408. The zero-order valence-corrected chi connectivity index (χ0v) is 14.1. The van der Waals surface area contributed by atoms with E-state index in [1.807, 2.05) is 6.07 Å². The number of nitrogens with zero attached hydrogens (tertiary/aromatic N) is 1. The van der Waals surface area contributed by atoms with Crippen molar-refractivity contribution in [3.63, 3.8) is 0 Å². The predicted octanol–water partition coefficient (Wildman–Crippen LogP) is 1.63. The van der Waals surface area contributed by atoms with Crippen LogP contribution in [0.2, 0.25) is 0 Å². The SMILES string of the molecule is CC(C)C(=O)NC(=S)Nc1ccccc1C(=O)N1CCOCC1. The Morgan fingerprint density at radius 1 is 1.22 bits per heavy atom. The molecule has 1 aromatic rings. The van der Waals surface area contributed by atoms with E-state index in [2.05, 4.69) is 10.6 Å². The average molecular weight is 335 g/mol. The molecular formula is C16H21N3O3S. The second-order valence-corrected chi connectivity index (χ2v) is 5.96. The van der Waals surface area contributed by atoms with Crippen molar-refractivity contribution in [2.24, 2.45) is 5.92 Å². The summed E-state index contributed by atoms with van der Waals surface area (Å²) in [6.07, 6.45) is 0. The third-order valence-corrected chi connectivity index (χ3v) is 3.67. The minimum atomic E-state index is -0.167. The molecule has 0 saturated carbocycles. The molecule has 2 N–H and O–H groups in total. The molecule has 1 heterocycles. The zero-order valence-electron chi connectivity index (χ0n) is 13.3. The second-order valence-electron chi connectivity index (χ2n) is 5.55. The van der Waals surface area contributed by atoms with E-state index in [1.165, 1.54) is 0 Å². The monoisotopic (exact) mass is 335 g/mol. The molecule has 0 bridgehead atoms. The van der Waals surface area contributed by atoms with Gasteiger partial charge in [-0.25, -0.2) is 0 Å². The topological polar surface area (TPSA) is 70.7 Å². The fraction of sp³-hybridized carbons (Fsp3) is 0.438. The molecule has 23 heavy (non-hydrogen) atoms. The number of hydrogen-bond acceptors (Lipinski definition) is 4. The summed E-state index contributed by atoms with van der Waals surface area (Å²) in [6, 6.07) is 7.12. The predicted molar refractivity (Wildman–Crippen MR) is 92.4 cm³/mol. The van der Waals surface area contributed by atoms with E-state index in [0.717, 1.165) is 0 Å². The third-order valence-electron chi connectivity index (χ3n) is 3.47. The fourth-order valence-electron chi connectivity index (χ4n) is 2.13. The van der Waals surface area contributed by atoms with Crippen LogP contribution in [0.5, 0.6) is 0 Å². The normalized spacial score (nSPS) is 14.5. The molecule has 0 radical (unpaired) electrons. The van der Waals surface area contributed by atoms with Crippen molar-refractivity contribution in [1.82, 2.24) is 10.2 Å². The average Bonchev–Trinajstić information content (AvgIpc) is 2.55. The van der Waals surface area contributed by atoms with Gasteiger partial charge in [0.1, 0.15) is 0 Å². The Hall–Kier alpha value is -1.99. The molecule has 7 heteroatoms. The molecule has 1 aromatic carbocycles. The van der Waals surface area contributed by atoms with E-state index in [4.69, 9.17) is 17.0 Å². The van der Waals surface area contributed by atoms with Crippen LogP contribution in [0.3, 0.4) is 0 Å². The number of hydrogen-bond donors (Lipinski definition) is 2. The Bertz CT molecular complexity index is 598. The maximum atomic E-state index is 12.6. The molecule has 6 nitrogen and oxygen atoms in total. The number of para-hydroxylation sites is 1. The van der Waals surface area contributed by atoms with Gasteiger partial charge in [-0.1, -0.05) is 26.0 Å².